The lowest BCUT2D eigenvalue weighted by molar-refractivity contribution is -0.0496. The SMILES string of the molecule is CN(c1ccccc1)c1ccc2c(c1)C(c1ccc(Br)s1)Oc1cccc(OC(F)F)c1-2. The minimum atomic E-state index is -2.92. The summed E-state index contributed by atoms with van der Waals surface area (Å²) in [6.07, 6.45) is -0.361. The monoisotopic (exact) mass is 513 g/mol. The maximum atomic E-state index is 13.1. The normalized spacial score (nSPS) is 14.5. The molecule has 7 heteroatoms. The fourth-order valence-electron chi connectivity index (χ4n) is 3.94. The molecule has 4 aromatic rings. The number of alkyl halides is 2. The zero-order chi connectivity index (χ0) is 22.2. The van der Waals surface area contributed by atoms with Gasteiger partial charge in [0.05, 0.1) is 14.2 Å². The zero-order valence-electron chi connectivity index (χ0n) is 17.0. The molecule has 3 aromatic carbocycles. The van der Waals surface area contributed by atoms with Gasteiger partial charge in [-0.25, -0.2) is 0 Å². The topological polar surface area (TPSA) is 21.7 Å². The third kappa shape index (κ3) is 3.87. The molecule has 5 rings (SSSR count). The number of hydrogen-bond acceptors (Lipinski definition) is 4. The van der Waals surface area contributed by atoms with Crippen LogP contribution < -0.4 is 14.4 Å². The van der Waals surface area contributed by atoms with Crippen LogP contribution in [-0.4, -0.2) is 13.7 Å². The van der Waals surface area contributed by atoms with E-state index < -0.39 is 6.61 Å². The molecule has 1 atom stereocenters. The van der Waals surface area contributed by atoms with Gasteiger partial charge in [-0.05, 0) is 70.0 Å². The summed E-state index contributed by atoms with van der Waals surface area (Å²) in [7, 11) is 2.00. The van der Waals surface area contributed by atoms with Crippen LogP contribution in [0.15, 0.2) is 82.6 Å². The number of anilines is 2. The molecule has 0 fully saturated rings. The van der Waals surface area contributed by atoms with Gasteiger partial charge in [-0.15, -0.1) is 11.3 Å². The van der Waals surface area contributed by atoms with Crippen molar-refractivity contribution in [3.8, 4) is 22.6 Å². The van der Waals surface area contributed by atoms with Gasteiger partial charge in [0.15, 0.2) is 6.10 Å². The molecule has 0 amide bonds. The summed E-state index contributed by atoms with van der Waals surface area (Å²) >= 11 is 5.11. The first kappa shape index (κ1) is 21.0. The van der Waals surface area contributed by atoms with Crippen LogP contribution >= 0.6 is 27.3 Å². The first-order valence-corrected chi connectivity index (χ1v) is 11.5. The highest BCUT2D eigenvalue weighted by Crippen LogP contribution is 2.51. The summed E-state index contributed by atoms with van der Waals surface area (Å²) in [5.74, 6) is 0.628. The Balaban J connectivity index is 1.67. The Labute approximate surface area is 197 Å². The molecule has 0 saturated heterocycles. The fraction of sp³-hybridized carbons (Fsp3) is 0.120. The molecule has 162 valence electrons. The average Bonchev–Trinajstić information content (AvgIpc) is 3.24. The molecule has 1 aliphatic rings. The smallest absolute Gasteiger partial charge is 0.387 e. The van der Waals surface area contributed by atoms with Crippen LogP contribution in [0.5, 0.6) is 11.5 Å². The maximum absolute atomic E-state index is 13.1. The summed E-state index contributed by atoms with van der Waals surface area (Å²) in [6, 6.07) is 25.0. The van der Waals surface area contributed by atoms with Gasteiger partial charge in [-0.2, -0.15) is 8.78 Å². The zero-order valence-corrected chi connectivity index (χ0v) is 19.4. The van der Waals surface area contributed by atoms with E-state index in [9.17, 15) is 8.78 Å². The number of rotatable bonds is 5. The van der Waals surface area contributed by atoms with Crippen molar-refractivity contribution in [3.63, 3.8) is 0 Å². The lowest BCUT2D eigenvalue weighted by Gasteiger charge is -2.31. The molecular weight excluding hydrogens is 496 g/mol. The number of nitrogens with zero attached hydrogens (tertiary/aromatic N) is 1. The van der Waals surface area contributed by atoms with Gasteiger partial charge in [-0.1, -0.05) is 30.3 Å². The second-order valence-electron chi connectivity index (χ2n) is 7.31. The van der Waals surface area contributed by atoms with Gasteiger partial charge in [0.1, 0.15) is 11.5 Å². The molecule has 0 radical (unpaired) electrons. The van der Waals surface area contributed by atoms with E-state index in [-0.39, 0.29) is 11.9 Å². The van der Waals surface area contributed by atoms with E-state index in [4.69, 9.17) is 9.47 Å². The van der Waals surface area contributed by atoms with Crippen molar-refractivity contribution in [3.05, 3.63) is 93.1 Å². The molecule has 0 bridgehead atoms. The third-order valence-corrected chi connectivity index (χ3v) is 7.09. The van der Waals surface area contributed by atoms with E-state index in [0.717, 1.165) is 31.2 Å². The highest BCUT2D eigenvalue weighted by atomic mass is 79.9. The average molecular weight is 514 g/mol. The van der Waals surface area contributed by atoms with Crippen molar-refractivity contribution in [1.29, 1.82) is 0 Å². The van der Waals surface area contributed by atoms with Crippen LogP contribution in [0, 0.1) is 0 Å². The summed E-state index contributed by atoms with van der Waals surface area (Å²) in [5.41, 5.74) is 4.28. The van der Waals surface area contributed by atoms with Crippen molar-refractivity contribution in [2.75, 3.05) is 11.9 Å². The number of ether oxygens (including phenoxy) is 2. The predicted octanol–water partition coefficient (Wildman–Crippen LogP) is 8.03. The first-order chi connectivity index (χ1) is 15.5. The molecule has 0 aliphatic carbocycles. The molecule has 1 aromatic heterocycles. The Bertz CT molecular complexity index is 1260. The van der Waals surface area contributed by atoms with Crippen LogP contribution in [0.1, 0.15) is 16.5 Å². The highest BCUT2D eigenvalue weighted by Gasteiger charge is 2.31. The predicted molar refractivity (Wildman–Crippen MR) is 128 cm³/mol. The van der Waals surface area contributed by atoms with Crippen LogP contribution in [0.4, 0.5) is 20.2 Å². The van der Waals surface area contributed by atoms with Crippen LogP contribution in [0.3, 0.4) is 0 Å². The molecule has 1 unspecified atom stereocenters. The molecule has 0 spiro atoms. The Kier molecular flexibility index (Phi) is 5.61. The quantitative estimate of drug-likeness (QED) is 0.269. The summed E-state index contributed by atoms with van der Waals surface area (Å²) in [5, 5.41) is 0. The lowest BCUT2D eigenvalue weighted by atomic mass is 9.90. The summed E-state index contributed by atoms with van der Waals surface area (Å²) in [4.78, 5) is 3.10. The molecule has 1 aliphatic heterocycles. The number of hydrogen-bond donors (Lipinski definition) is 0. The van der Waals surface area contributed by atoms with E-state index in [1.165, 1.54) is 0 Å². The van der Waals surface area contributed by atoms with Gasteiger partial charge < -0.3 is 14.4 Å². The van der Waals surface area contributed by atoms with Gasteiger partial charge in [-0.3, -0.25) is 0 Å². The van der Waals surface area contributed by atoms with Gasteiger partial charge in [0.25, 0.3) is 0 Å². The van der Waals surface area contributed by atoms with E-state index in [0.29, 0.717) is 11.3 Å². The lowest BCUT2D eigenvalue weighted by Crippen LogP contribution is -2.17. The van der Waals surface area contributed by atoms with E-state index in [1.807, 2.05) is 61.6 Å². The Morgan fingerprint density at radius 3 is 2.50 bits per heavy atom. The van der Waals surface area contributed by atoms with Gasteiger partial charge in [0, 0.05) is 24.0 Å². The summed E-state index contributed by atoms with van der Waals surface area (Å²) < 4.78 is 38.4. The third-order valence-electron chi connectivity index (χ3n) is 5.42. The van der Waals surface area contributed by atoms with Crippen molar-refractivity contribution in [1.82, 2.24) is 0 Å². The molecule has 2 heterocycles. The maximum Gasteiger partial charge on any atom is 0.387 e. The minimum absolute atomic E-state index is 0.105. The number of benzene rings is 3. The van der Waals surface area contributed by atoms with E-state index in [1.54, 1.807) is 29.5 Å². The number of para-hydroxylation sites is 1. The second-order valence-corrected chi connectivity index (χ2v) is 9.81. The fourth-order valence-corrected chi connectivity index (χ4v) is 5.42. The highest BCUT2D eigenvalue weighted by molar-refractivity contribution is 9.11. The molecule has 0 saturated carbocycles. The largest absolute Gasteiger partial charge is 0.479 e. The van der Waals surface area contributed by atoms with Gasteiger partial charge >= 0.3 is 6.61 Å². The number of thiophene rings is 1. The van der Waals surface area contributed by atoms with Crippen molar-refractivity contribution in [2.24, 2.45) is 0 Å². The Hall–Kier alpha value is -2.90. The molecule has 0 N–H and O–H groups in total. The molecule has 32 heavy (non-hydrogen) atoms. The Morgan fingerprint density at radius 1 is 0.969 bits per heavy atom. The number of halogens is 3. The van der Waals surface area contributed by atoms with Crippen molar-refractivity contribution >= 4 is 38.6 Å². The van der Waals surface area contributed by atoms with Crippen LogP contribution in [-0.2, 0) is 0 Å². The van der Waals surface area contributed by atoms with Crippen LogP contribution in [0.2, 0.25) is 0 Å². The second kappa shape index (κ2) is 8.56. The van der Waals surface area contributed by atoms with E-state index >= 15 is 0 Å². The number of fused-ring (bicyclic) bond motifs is 3. The molecular formula is C25H18BrF2NO2S. The van der Waals surface area contributed by atoms with Gasteiger partial charge in [0.2, 0.25) is 0 Å². The van der Waals surface area contributed by atoms with Crippen molar-refractivity contribution < 1.29 is 18.3 Å². The first-order valence-electron chi connectivity index (χ1n) is 9.94. The van der Waals surface area contributed by atoms with Crippen molar-refractivity contribution in [2.45, 2.75) is 12.7 Å². The molecule has 3 nitrogen and oxygen atoms in total. The standard InChI is InChI=1S/C25H18BrF2NO2S/c1-29(15-6-3-2-4-7-15)16-10-11-17-18(14-16)24(21-12-13-22(26)32-21)30-19-8-5-9-20(23(17)19)31-25(27)28/h2-14,24-25H,1H3. The summed E-state index contributed by atoms with van der Waals surface area (Å²) in [6.45, 7) is -2.92. The Morgan fingerprint density at radius 2 is 1.78 bits per heavy atom. The van der Waals surface area contributed by atoms with E-state index in [2.05, 4.69) is 26.9 Å². The minimum Gasteiger partial charge on any atom is -0.479 e. The van der Waals surface area contributed by atoms with Crippen LogP contribution in [0.25, 0.3) is 11.1 Å².